The lowest BCUT2D eigenvalue weighted by Crippen LogP contribution is -2.06. The van der Waals surface area contributed by atoms with Crippen LogP contribution in [0.1, 0.15) is 5.76 Å². The van der Waals surface area contributed by atoms with E-state index in [1.54, 1.807) is 35.9 Å². The molecule has 4 nitrogen and oxygen atoms in total. The van der Waals surface area contributed by atoms with Crippen LogP contribution in [-0.2, 0) is 4.79 Å². The molecule has 0 aliphatic heterocycles. The zero-order chi connectivity index (χ0) is 15.4. The van der Waals surface area contributed by atoms with Gasteiger partial charge in [0, 0.05) is 28.2 Å². The molecule has 6 heteroatoms. The summed E-state index contributed by atoms with van der Waals surface area (Å²) in [6, 6.07) is 11.0. The van der Waals surface area contributed by atoms with Crippen molar-refractivity contribution in [1.29, 1.82) is 0 Å². The Morgan fingerprint density at radius 1 is 1.23 bits per heavy atom. The van der Waals surface area contributed by atoms with Crippen LogP contribution in [0.15, 0.2) is 58.5 Å². The van der Waals surface area contributed by atoms with Gasteiger partial charge in [-0.15, -0.1) is 11.3 Å². The predicted octanol–water partition coefficient (Wildman–Crippen LogP) is 4.71. The van der Waals surface area contributed by atoms with E-state index in [0.717, 1.165) is 11.3 Å². The Balaban J connectivity index is 1.67. The molecule has 0 fully saturated rings. The van der Waals surface area contributed by atoms with E-state index >= 15 is 0 Å². The highest BCUT2D eigenvalue weighted by molar-refractivity contribution is 7.13. The molecule has 0 saturated carbocycles. The van der Waals surface area contributed by atoms with Crippen LogP contribution < -0.4 is 5.32 Å². The van der Waals surface area contributed by atoms with Gasteiger partial charge in [-0.3, -0.25) is 10.1 Å². The number of benzene rings is 1. The first kappa shape index (κ1) is 14.6. The fourth-order valence-electron chi connectivity index (χ4n) is 1.80. The minimum Gasteiger partial charge on any atom is -0.457 e. The third-order valence-corrected chi connectivity index (χ3v) is 3.76. The average molecular weight is 331 g/mol. The van der Waals surface area contributed by atoms with E-state index in [4.69, 9.17) is 16.0 Å². The van der Waals surface area contributed by atoms with Crippen molar-refractivity contribution in [2.24, 2.45) is 0 Å². The van der Waals surface area contributed by atoms with Crippen LogP contribution in [0.4, 0.5) is 5.13 Å². The lowest BCUT2D eigenvalue weighted by atomic mass is 10.2. The number of nitrogens with zero attached hydrogens (tertiary/aromatic N) is 1. The number of aromatic nitrogens is 1. The Morgan fingerprint density at radius 3 is 2.77 bits per heavy atom. The minimum absolute atomic E-state index is 0.251. The smallest absolute Gasteiger partial charge is 0.250 e. The van der Waals surface area contributed by atoms with Gasteiger partial charge in [0.1, 0.15) is 11.5 Å². The number of halogens is 1. The van der Waals surface area contributed by atoms with Gasteiger partial charge in [0.2, 0.25) is 5.91 Å². The second-order valence-corrected chi connectivity index (χ2v) is 5.70. The number of nitrogens with one attached hydrogen (secondary N) is 1. The van der Waals surface area contributed by atoms with Crippen LogP contribution >= 0.6 is 22.9 Å². The molecule has 0 radical (unpaired) electrons. The van der Waals surface area contributed by atoms with E-state index in [9.17, 15) is 4.79 Å². The zero-order valence-electron chi connectivity index (χ0n) is 11.3. The van der Waals surface area contributed by atoms with E-state index in [-0.39, 0.29) is 5.91 Å². The number of carbonyl (C=O) groups is 1. The van der Waals surface area contributed by atoms with Crippen molar-refractivity contribution in [3.63, 3.8) is 0 Å². The third-order valence-electron chi connectivity index (χ3n) is 2.82. The summed E-state index contributed by atoms with van der Waals surface area (Å²) in [5.41, 5.74) is 0.927. The van der Waals surface area contributed by atoms with E-state index < -0.39 is 0 Å². The predicted molar refractivity (Wildman–Crippen MR) is 88.9 cm³/mol. The molecule has 0 aliphatic rings. The fraction of sp³-hybridized carbons (Fsp3) is 0. The van der Waals surface area contributed by atoms with Crippen LogP contribution in [0.5, 0.6) is 0 Å². The molecule has 0 bridgehead atoms. The summed E-state index contributed by atoms with van der Waals surface area (Å²) in [5, 5.41) is 5.70. The lowest BCUT2D eigenvalue weighted by Gasteiger charge is -1.96. The van der Waals surface area contributed by atoms with Crippen LogP contribution in [0, 0.1) is 0 Å². The molecule has 0 unspecified atom stereocenters. The molecule has 2 heterocycles. The average Bonchev–Trinajstić information content (AvgIpc) is 3.17. The normalized spacial score (nSPS) is 11.0. The number of thiazole rings is 1. The van der Waals surface area contributed by atoms with Crippen molar-refractivity contribution in [2.45, 2.75) is 0 Å². The summed E-state index contributed by atoms with van der Waals surface area (Å²) in [5.74, 6) is 1.07. The molecule has 1 amide bonds. The maximum atomic E-state index is 11.7. The Bertz CT molecular complexity index is 792. The standard InChI is InChI=1S/C16H11ClN2O2S/c17-12-3-1-11(2-4-12)14-7-5-13(21-14)6-8-15(20)19-16-18-9-10-22-16/h1-10H,(H,18,19,20)/b8-6+. The molecule has 1 N–H and O–H groups in total. The third kappa shape index (κ3) is 3.63. The first-order valence-electron chi connectivity index (χ1n) is 6.45. The highest BCUT2D eigenvalue weighted by atomic mass is 35.5. The number of anilines is 1. The molecule has 3 aromatic rings. The van der Waals surface area contributed by atoms with Gasteiger partial charge < -0.3 is 4.42 Å². The van der Waals surface area contributed by atoms with Gasteiger partial charge in [0.25, 0.3) is 0 Å². The first-order chi connectivity index (χ1) is 10.7. The largest absolute Gasteiger partial charge is 0.457 e. The summed E-state index contributed by atoms with van der Waals surface area (Å²) >= 11 is 7.22. The van der Waals surface area contributed by atoms with Crippen molar-refractivity contribution < 1.29 is 9.21 Å². The maximum Gasteiger partial charge on any atom is 0.250 e. The van der Waals surface area contributed by atoms with E-state index in [2.05, 4.69) is 10.3 Å². The zero-order valence-corrected chi connectivity index (χ0v) is 12.9. The topological polar surface area (TPSA) is 55.1 Å². The van der Waals surface area contributed by atoms with Crippen molar-refractivity contribution in [2.75, 3.05) is 5.32 Å². The highest BCUT2D eigenvalue weighted by Crippen LogP contribution is 2.24. The quantitative estimate of drug-likeness (QED) is 0.705. The molecular weight excluding hydrogens is 320 g/mol. The number of carbonyl (C=O) groups excluding carboxylic acids is 1. The molecule has 0 atom stereocenters. The van der Waals surface area contributed by atoms with E-state index in [1.807, 2.05) is 18.2 Å². The number of furan rings is 1. The summed E-state index contributed by atoms with van der Waals surface area (Å²) in [4.78, 5) is 15.7. The number of hydrogen-bond acceptors (Lipinski definition) is 4. The molecule has 3 rings (SSSR count). The molecule has 0 saturated heterocycles. The Labute approximate surface area is 136 Å². The van der Waals surface area contributed by atoms with Crippen LogP contribution in [-0.4, -0.2) is 10.9 Å². The van der Waals surface area contributed by atoms with E-state index in [1.165, 1.54) is 17.4 Å². The molecule has 2 aromatic heterocycles. The Kier molecular flexibility index (Phi) is 4.37. The summed E-state index contributed by atoms with van der Waals surface area (Å²) in [6.07, 6.45) is 4.66. The number of amides is 1. The minimum atomic E-state index is -0.251. The monoisotopic (exact) mass is 330 g/mol. The highest BCUT2D eigenvalue weighted by Gasteiger charge is 2.04. The lowest BCUT2D eigenvalue weighted by molar-refractivity contribution is -0.111. The molecule has 0 aliphatic carbocycles. The van der Waals surface area contributed by atoms with Crippen molar-refractivity contribution >= 4 is 40.1 Å². The maximum absolute atomic E-state index is 11.7. The number of rotatable bonds is 4. The fourth-order valence-corrected chi connectivity index (χ4v) is 2.46. The van der Waals surface area contributed by atoms with Crippen LogP contribution in [0.3, 0.4) is 0 Å². The Morgan fingerprint density at radius 2 is 2.05 bits per heavy atom. The van der Waals surface area contributed by atoms with Gasteiger partial charge in [-0.2, -0.15) is 0 Å². The first-order valence-corrected chi connectivity index (χ1v) is 7.71. The summed E-state index contributed by atoms with van der Waals surface area (Å²) in [7, 11) is 0. The van der Waals surface area contributed by atoms with E-state index in [0.29, 0.717) is 15.9 Å². The van der Waals surface area contributed by atoms with Crippen LogP contribution in [0.2, 0.25) is 5.02 Å². The van der Waals surface area contributed by atoms with Gasteiger partial charge >= 0.3 is 0 Å². The Hall–Kier alpha value is -2.37. The molecular formula is C16H11ClN2O2S. The van der Waals surface area contributed by atoms with Crippen molar-refractivity contribution in [3.05, 3.63) is 64.8 Å². The molecule has 0 spiro atoms. The van der Waals surface area contributed by atoms with Gasteiger partial charge in [-0.25, -0.2) is 4.98 Å². The second kappa shape index (κ2) is 6.60. The SMILES string of the molecule is O=C(/C=C/c1ccc(-c2ccc(Cl)cc2)o1)Nc1nccs1. The second-order valence-electron chi connectivity index (χ2n) is 4.37. The van der Waals surface area contributed by atoms with Crippen molar-refractivity contribution in [1.82, 2.24) is 4.98 Å². The van der Waals surface area contributed by atoms with Crippen LogP contribution in [0.25, 0.3) is 17.4 Å². The number of hydrogen-bond donors (Lipinski definition) is 1. The molecule has 22 heavy (non-hydrogen) atoms. The molecule has 1 aromatic carbocycles. The summed E-state index contributed by atoms with van der Waals surface area (Å²) < 4.78 is 5.67. The summed E-state index contributed by atoms with van der Waals surface area (Å²) in [6.45, 7) is 0. The van der Waals surface area contributed by atoms with Gasteiger partial charge in [-0.05, 0) is 42.5 Å². The van der Waals surface area contributed by atoms with Gasteiger partial charge in [0.05, 0.1) is 0 Å². The molecule has 110 valence electrons. The van der Waals surface area contributed by atoms with Crippen molar-refractivity contribution in [3.8, 4) is 11.3 Å². The van der Waals surface area contributed by atoms with Gasteiger partial charge in [-0.1, -0.05) is 11.6 Å². The van der Waals surface area contributed by atoms with Gasteiger partial charge in [0.15, 0.2) is 5.13 Å².